The monoisotopic (exact) mass is 407 g/mol. The Labute approximate surface area is 171 Å². The van der Waals surface area contributed by atoms with E-state index in [0.717, 1.165) is 29.3 Å². The normalized spacial score (nSPS) is 10.3. The van der Waals surface area contributed by atoms with Gasteiger partial charge >= 0.3 is 0 Å². The molecule has 0 heterocycles. The molecule has 0 aromatic heterocycles. The molecule has 3 rings (SSSR count). The number of benzene rings is 3. The zero-order chi connectivity index (χ0) is 21.7. The second kappa shape index (κ2) is 8.82. The van der Waals surface area contributed by atoms with E-state index in [-0.39, 0.29) is 5.56 Å². The van der Waals surface area contributed by atoms with Crippen LogP contribution in [0.3, 0.4) is 0 Å². The molecule has 0 aliphatic rings. The summed E-state index contributed by atoms with van der Waals surface area (Å²) in [7, 11) is 1.55. The van der Waals surface area contributed by atoms with Crippen LogP contribution in [-0.2, 0) is 6.42 Å². The highest BCUT2D eigenvalue weighted by Crippen LogP contribution is 2.27. The summed E-state index contributed by atoms with van der Waals surface area (Å²) in [4.78, 5) is 33.1. The molecule has 3 aromatic rings. The summed E-state index contributed by atoms with van der Waals surface area (Å²) in [5.41, 5.74) is 1.06. The molecule has 0 saturated carbocycles. The van der Waals surface area contributed by atoms with Crippen molar-refractivity contribution < 1.29 is 19.4 Å². The minimum Gasteiger partial charge on any atom is -0.496 e. The molecule has 0 aliphatic heterocycles. The number of anilines is 1. The molecule has 1 N–H and O–H groups in total. The van der Waals surface area contributed by atoms with Gasteiger partial charge in [0.1, 0.15) is 5.75 Å². The maximum atomic E-state index is 12.6. The number of nitrogens with zero attached hydrogens (tertiary/aromatic N) is 2. The zero-order valence-corrected chi connectivity index (χ0v) is 15.9. The van der Waals surface area contributed by atoms with Crippen LogP contribution < -0.4 is 10.1 Å². The second-order valence-corrected chi connectivity index (χ2v) is 6.40. The number of hydrogen-bond acceptors (Lipinski definition) is 6. The first-order valence-corrected chi connectivity index (χ1v) is 8.83. The minimum atomic E-state index is -0.783. The molecule has 9 heteroatoms. The number of methoxy groups -OCH3 is 1. The van der Waals surface area contributed by atoms with E-state index in [4.69, 9.17) is 4.74 Å². The van der Waals surface area contributed by atoms with Crippen molar-refractivity contribution in [3.05, 3.63) is 104 Å². The van der Waals surface area contributed by atoms with Crippen molar-refractivity contribution in [1.82, 2.24) is 0 Å². The largest absolute Gasteiger partial charge is 0.496 e. The topological polar surface area (TPSA) is 125 Å². The molecular formula is C21H17N3O6. The van der Waals surface area contributed by atoms with Crippen molar-refractivity contribution >= 4 is 23.0 Å². The van der Waals surface area contributed by atoms with Gasteiger partial charge in [-0.25, -0.2) is 0 Å². The van der Waals surface area contributed by atoms with E-state index in [0.29, 0.717) is 17.9 Å². The van der Waals surface area contributed by atoms with Crippen molar-refractivity contribution in [2.45, 2.75) is 6.42 Å². The number of non-ortho nitro benzene ring substituents is 2. The van der Waals surface area contributed by atoms with Crippen LogP contribution >= 0.6 is 0 Å². The first-order valence-electron chi connectivity index (χ1n) is 8.83. The van der Waals surface area contributed by atoms with Crippen LogP contribution in [0.5, 0.6) is 5.75 Å². The van der Waals surface area contributed by atoms with Gasteiger partial charge in [-0.1, -0.05) is 30.3 Å². The molecule has 0 atom stereocenters. The van der Waals surface area contributed by atoms with Gasteiger partial charge in [0.2, 0.25) is 0 Å². The Balaban J connectivity index is 1.89. The molecule has 0 bridgehead atoms. The second-order valence-electron chi connectivity index (χ2n) is 6.40. The van der Waals surface area contributed by atoms with Crippen molar-refractivity contribution in [3.63, 3.8) is 0 Å². The smallest absolute Gasteiger partial charge is 0.277 e. The maximum absolute atomic E-state index is 12.6. The van der Waals surface area contributed by atoms with Crippen molar-refractivity contribution in [2.24, 2.45) is 0 Å². The van der Waals surface area contributed by atoms with E-state index >= 15 is 0 Å². The molecule has 30 heavy (non-hydrogen) atoms. The number of amides is 1. The summed E-state index contributed by atoms with van der Waals surface area (Å²) in [6, 6.07) is 17.5. The highest BCUT2D eigenvalue weighted by Gasteiger charge is 2.20. The fourth-order valence-electron chi connectivity index (χ4n) is 2.95. The Kier molecular flexibility index (Phi) is 6.02. The van der Waals surface area contributed by atoms with Crippen LogP contribution in [0.4, 0.5) is 17.1 Å². The Hall–Kier alpha value is -4.27. The molecule has 0 aliphatic carbocycles. The summed E-state index contributed by atoms with van der Waals surface area (Å²) >= 11 is 0. The summed E-state index contributed by atoms with van der Waals surface area (Å²) in [6.45, 7) is 0. The average molecular weight is 407 g/mol. The lowest BCUT2D eigenvalue weighted by Crippen LogP contribution is -2.13. The van der Waals surface area contributed by atoms with Crippen LogP contribution in [0.2, 0.25) is 0 Å². The SMILES string of the molecule is COc1ccc(NC(=O)c2cc([N+](=O)[O-])cc([N+](=O)[O-])c2)cc1Cc1ccccc1. The Morgan fingerprint density at radius 1 is 0.933 bits per heavy atom. The van der Waals surface area contributed by atoms with Crippen LogP contribution in [-0.4, -0.2) is 22.9 Å². The summed E-state index contributed by atoms with van der Waals surface area (Å²) in [5, 5.41) is 24.7. The van der Waals surface area contributed by atoms with Gasteiger partial charge in [0, 0.05) is 29.8 Å². The lowest BCUT2D eigenvalue weighted by Gasteiger charge is -2.12. The van der Waals surface area contributed by atoms with Crippen LogP contribution in [0.15, 0.2) is 66.7 Å². The van der Waals surface area contributed by atoms with Gasteiger partial charge in [0.05, 0.1) is 28.6 Å². The fourth-order valence-corrected chi connectivity index (χ4v) is 2.95. The van der Waals surface area contributed by atoms with E-state index in [1.165, 1.54) is 0 Å². The van der Waals surface area contributed by atoms with Crippen molar-refractivity contribution in [3.8, 4) is 5.75 Å². The molecule has 0 spiro atoms. The third-order valence-corrected chi connectivity index (χ3v) is 4.36. The van der Waals surface area contributed by atoms with Gasteiger partial charge in [-0.05, 0) is 23.8 Å². The standard InChI is InChI=1S/C21H17N3O6/c1-30-20-8-7-17(10-15(20)9-14-5-3-2-4-6-14)22-21(25)16-11-18(23(26)27)13-19(12-16)24(28)29/h2-8,10-13H,9H2,1H3,(H,22,25). The quantitative estimate of drug-likeness (QED) is 0.458. The van der Waals surface area contributed by atoms with E-state index < -0.39 is 27.1 Å². The molecule has 9 nitrogen and oxygen atoms in total. The predicted octanol–water partition coefficient (Wildman–Crippen LogP) is 4.35. The number of nitrogens with one attached hydrogen (secondary N) is 1. The average Bonchev–Trinajstić information content (AvgIpc) is 2.74. The minimum absolute atomic E-state index is 0.184. The number of carbonyl (C=O) groups excluding carboxylic acids is 1. The van der Waals surface area contributed by atoms with E-state index in [1.807, 2.05) is 30.3 Å². The lowest BCUT2D eigenvalue weighted by molar-refractivity contribution is -0.394. The molecule has 3 aromatic carbocycles. The molecule has 1 amide bonds. The van der Waals surface area contributed by atoms with Crippen LogP contribution in [0.25, 0.3) is 0 Å². The van der Waals surface area contributed by atoms with Crippen LogP contribution in [0.1, 0.15) is 21.5 Å². The Bertz CT molecular complexity index is 1080. The molecular weight excluding hydrogens is 390 g/mol. The Morgan fingerprint density at radius 3 is 2.13 bits per heavy atom. The van der Waals surface area contributed by atoms with Gasteiger partial charge in [0.15, 0.2) is 0 Å². The van der Waals surface area contributed by atoms with Crippen molar-refractivity contribution in [2.75, 3.05) is 12.4 Å². The third-order valence-electron chi connectivity index (χ3n) is 4.36. The third kappa shape index (κ3) is 4.76. The molecule has 0 fully saturated rings. The number of nitro benzene ring substituents is 2. The first-order chi connectivity index (χ1) is 14.4. The highest BCUT2D eigenvalue weighted by atomic mass is 16.6. The lowest BCUT2D eigenvalue weighted by atomic mass is 10.0. The highest BCUT2D eigenvalue weighted by molar-refractivity contribution is 6.05. The summed E-state index contributed by atoms with van der Waals surface area (Å²) in [5.74, 6) is -0.0551. The van der Waals surface area contributed by atoms with Gasteiger partial charge in [-0.15, -0.1) is 0 Å². The van der Waals surface area contributed by atoms with Gasteiger partial charge < -0.3 is 10.1 Å². The van der Waals surface area contributed by atoms with E-state index in [9.17, 15) is 25.0 Å². The van der Waals surface area contributed by atoms with Crippen LogP contribution in [0, 0.1) is 20.2 Å². The predicted molar refractivity (Wildman–Crippen MR) is 110 cm³/mol. The van der Waals surface area contributed by atoms with Crippen molar-refractivity contribution in [1.29, 1.82) is 0 Å². The number of hydrogen-bond donors (Lipinski definition) is 1. The number of carbonyl (C=O) groups is 1. The molecule has 152 valence electrons. The van der Waals surface area contributed by atoms with Gasteiger partial charge in [-0.2, -0.15) is 0 Å². The summed E-state index contributed by atoms with van der Waals surface area (Å²) in [6.07, 6.45) is 0.565. The van der Waals surface area contributed by atoms with E-state index in [2.05, 4.69) is 5.32 Å². The first kappa shape index (κ1) is 20.5. The maximum Gasteiger partial charge on any atom is 0.277 e. The summed E-state index contributed by atoms with van der Waals surface area (Å²) < 4.78 is 5.38. The van der Waals surface area contributed by atoms with E-state index in [1.54, 1.807) is 25.3 Å². The van der Waals surface area contributed by atoms with Gasteiger partial charge in [-0.3, -0.25) is 25.0 Å². The number of rotatable bonds is 7. The molecule has 0 unspecified atom stereocenters. The Morgan fingerprint density at radius 2 is 1.57 bits per heavy atom. The van der Waals surface area contributed by atoms with Gasteiger partial charge in [0.25, 0.3) is 17.3 Å². The number of nitro groups is 2. The number of ether oxygens (including phenoxy) is 1. The molecule has 0 saturated heterocycles. The zero-order valence-electron chi connectivity index (χ0n) is 15.9. The fraction of sp³-hybridized carbons (Fsp3) is 0.0952. The molecule has 0 radical (unpaired) electrons.